The number of aliphatic hydroxyl groups is 2. The number of nitrogens with zero attached hydrogens (tertiary/aromatic N) is 3. The van der Waals surface area contributed by atoms with Gasteiger partial charge in [-0.1, -0.05) is 11.8 Å². The lowest BCUT2D eigenvalue weighted by Crippen LogP contribution is -2.29. The molecule has 0 unspecified atom stereocenters. The summed E-state index contributed by atoms with van der Waals surface area (Å²) in [6.07, 6.45) is -1.83. The Labute approximate surface area is 165 Å². The maximum absolute atomic E-state index is 12.1. The number of aliphatic hydroxyl groups excluding tert-OH is 2. The number of carboxylic acid groups (broad SMARTS) is 1. The Morgan fingerprint density at radius 3 is 2.76 bits per heavy atom. The molecule has 1 fully saturated rings. The van der Waals surface area contributed by atoms with Gasteiger partial charge < -0.3 is 25.8 Å². The van der Waals surface area contributed by atoms with Crippen molar-refractivity contribution in [2.45, 2.75) is 44.1 Å². The lowest BCUT2D eigenvalue weighted by molar-refractivity contribution is -0.166. The van der Waals surface area contributed by atoms with E-state index in [4.69, 9.17) is 20.7 Å². The molecule has 29 heavy (non-hydrogen) atoms. The fraction of sp³-hybridized carbons (Fsp3) is 0.529. The van der Waals surface area contributed by atoms with Gasteiger partial charge in [0.15, 0.2) is 0 Å². The van der Waals surface area contributed by atoms with E-state index in [1.54, 1.807) is 0 Å². The van der Waals surface area contributed by atoms with Crippen LogP contribution in [0.25, 0.3) is 0 Å². The monoisotopic (exact) mass is 410 g/mol. The lowest BCUT2D eigenvalue weighted by Gasteiger charge is -2.15. The van der Waals surface area contributed by atoms with Crippen molar-refractivity contribution < 1.29 is 34.9 Å². The van der Waals surface area contributed by atoms with E-state index in [1.165, 1.54) is 6.20 Å². The number of nitrogens with two attached hydrogens (primary N) is 1. The van der Waals surface area contributed by atoms with E-state index in [-0.39, 0.29) is 43.6 Å². The Morgan fingerprint density at radius 1 is 1.41 bits per heavy atom. The van der Waals surface area contributed by atoms with Gasteiger partial charge in [-0.05, 0) is 0 Å². The molecule has 0 bridgehead atoms. The molecule has 0 aromatic carbocycles. The van der Waals surface area contributed by atoms with E-state index < -0.39 is 42.6 Å². The van der Waals surface area contributed by atoms with Gasteiger partial charge in [-0.15, -0.1) is 0 Å². The molecule has 3 atom stereocenters. The first-order valence-electron chi connectivity index (χ1n) is 8.75. The molecule has 2 rings (SSSR count). The first-order chi connectivity index (χ1) is 13.7. The van der Waals surface area contributed by atoms with E-state index in [1.807, 2.05) is 0 Å². The van der Waals surface area contributed by atoms with Crippen molar-refractivity contribution in [3.8, 4) is 11.8 Å². The maximum atomic E-state index is 12.1. The minimum Gasteiger partial charge on any atom is -0.481 e. The Balaban J connectivity index is 2.02. The quantitative estimate of drug-likeness (QED) is 0.197. The third-order valence-electron chi connectivity index (χ3n) is 4.19. The molecule has 0 aliphatic carbocycles. The molecule has 12 nitrogen and oxygen atoms in total. The number of aromatic nitrogens is 2. The Hall–Kier alpha value is -2.98. The number of hydroxylamine groups is 2. The fourth-order valence-electron chi connectivity index (χ4n) is 2.62. The van der Waals surface area contributed by atoms with Gasteiger partial charge in [0.1, 0.15) is 18.1 Å². The van der Waals surface area contributed by atoms with E-state index in [2.05, 4.69) is 16.8 Å². The molecule has 1 saturated heterocycles. The number of hydrogen-bond acceptors (Lipinski definition) is 9. The van der Waals surface area contributed by atoms with Crippen LogP contribution in [0.3, 0.4) is 0 Å². The highest BCUT2D eigenvalue weighted by atomic mass is 16.5. The molecule has 1 aromatic rings. The van der Waals surface area contributed by atoms with E-state index >= 15 is 0 Å². The second kappa shape index (κ2) is 9.99. The molecule has 1 aliphatic rings. The molecule has 2 heterocycles. The molecular weight excluding hydrogens is 388 g/mol. The van der Waals surface area contributed by atoms with Crippen LogP contribution in [0.5, 0.6) is 0 Å². The van der Waals surface area contributed by atoms with Crippen LogP contribution in [0, 0.1) is 11.8 Å². The number of carbonyl (C=O) groups excluding carboxylic acids is 1. The minimum atomic E-state index is -1.14. The summed E-state index contributed by atoms with van der Waals surface area (Å²) in [4.78, 5) is 37.7. The van der Waals surface area contributed by atoms with E-state index in [0.29, 0.717) is 5.06 Å². The molecule has 1 amide bonds. The molecule has 158 valence electrons. The average Bonchev–Trinajstić information content (AvgIpc) is 3.04. The third-order valence-corrected chi connectivity index (χ3v) is 4.19. The third kappa shape index (κ3) is 6.00. The SMILES string of the molecule is Nc1nc(=O)n([C@H]2C[C@H](O)[C@@H](CO)O2)cc1C#CCCN(O)C(=O)CCC(=O)O. The molecule has 0 saturated carbocycles. The zero-order valence-corrected chi connectivity index (χ0v) is 15.4. The minimum absolute atomic E-state index is 0.0547. The van der Waals surface area contributed by atoms with Crippen molar-refractivity contribution in [2.75, 3.05) is 18.9 Å². The highest BCUT2D eigenvalue weighted by Crippen LogP contribution is 2.27. The van der Waals surface area contributed by atoms with E-state index in [0.717, 1.165) is 4.57 Å². The largest absolute Gasteiger partial charge is 0.481 e. The smallest absolute Gasteiger partial charge is 0.351 e. The standard InChI is InChI=1S/C17H22N4O8/c18-16-10(3-1-2-6-21(28)13(24)4-5-15(25)26)8-20(17(27)19-16)14-7-11(23)12(9-22)29-14/h8,11-12,14,22-23,28H,2,4-7,9H2,(H,25,26)(H2,18,19,27)/t11-,12+,14+/m0/s1. The van der Waals surface area contributed by atoms with Crippen LogP contribution >= 0.6 is 0 Å². The van der Waals surface area contributed by atoms with Gasteiger partial charge in [-0.2, -0.15) is 4.98 Å². The van der Waals surface area contributed by atoms with Crippen LogP contribution < -0.4 is 11.4 Å². The number of amides is 1. The Kier molecular flexibility index (Phi) is 7.68. The second-order valence-electron chi connectivity index (χ2n) is 6.31. The van der Waals surface area contributed by atoms with Crippen LogP contribution in [0.15, 0.2) is 11.0 Å². The first-order valence-corrected chi connectivity index (χ1v) is 8.75. The summed E-state index contributed by atoms with van der Waals surface area (Å²) in [6, 6.07) is 0. The van der Waals surface area contributed by atoms with Gasteiger partial charge >= 0.3 is 11.7 Å². The van der Waals surface area contributed by atoms with Crippen LogP contribution in [0.2, 0.25) is 0 Å². The number of ether oxygens (including phenoxy) is 1. The van der Waals surface area contributed by atoms with Crippen molar-refractivity contribution in [3.05, 3.63) is 22.2 Å². The number of hydrogen-bond donors (Lipinski definition) is 5. The van der Waals surface area contributed by atoms with Crippen LogP contribution in [0.1, 0.15) is 37.5 Å². The van der Waals surface area contributed by atoms with Gasteiger partial charge in [0.25, 0.3) is 0 Å². The summed E-state index contributed by atoms with van der Waals surface area (Å²) < 4.78 is 6.54. The highest BCUT2D eigenvalue weighted by molar-refractivity contribution is 5.79. The molecule has 12 heteroatoms. The van der Waals surface area contributed by atoms with Crippen molar-refractivity contribution in [1.82, 2.24) is 14.6 Å². The molecule has 0 radical (unpaired) electrons. The maximum Gasteiger partial charge on any atom is 0.351 e. The summed E-state index contributed by atoms with van der Waals surface area (Å²) in [7, 11) is 0. The van der Waals surface area contributed by atoms with Gasteiger partial charge in [0.2, 0.25) is 5.91 Å². The second-order valence-corrected chi connectivity index (χ2v) is 6.31. The normalized spacial score (nSPS) is 20.7. The molecule has 6 N–H and O–H groups in total. The number of carboxylic acids is 1. The Morgan fingerprint density at radius 2 is 2.14 bits per heavy atom. The lowest BCUT2D eigenvalue weighted by atomic mass is 10.2. The fourth-order valence-corrected chi connectivity index (χ4v) is 2.62. The Bertz CT molecular complexity index is 874. The predicted molar refractivity (Wildman–Crippen MR) is 96.4 cm³/mol. The predicted octanol–water partition coefficient (Wildman–Crippen LogP) is -1.71. The summed E-state index contributed by atoms with van der Waals surface area (Å²) >= 11 is 0. The van der Waals surface area contributed by atoms with Crippen molar-refractivity contribution in [1.29, 1.82) is 0 Å². The van der Waals surface area contributed by atoms with Gasteiger partial charge in [0.05, 0.1) is 31.2 Å². The number of anilines is 1. The average molecular weight is 410 g/mol. The first kappa shape index (κ1) is 22.3. The number of nitrogen functional groups attached to an aromatic ring is 1. The van der Waals surface area contributed by atoms with Crippen molar-refractivity contribution in [2.24, 2.45) is 0 Å². The van der Waals surface area contributed by atoms with Gasteiger partial charge in [0, 0.05) is 25.5 Å². The number of aliphatic carboxylic acids is 1. The van der Waals surface area contributed by atoms with Gasteiger partial charge in [-0.3, -0.25) is 19.4 Å². The molecule has 1 aliphatic heterocycles. The van der Waals surface area contributed by atoms with Crippen molar-refractivity contribution in [3.63, 3.8) is 0 Å². The van der Waals surface area contributed by atoms with Crippen molar-refractivity contribution >= 4 is 17.7 Å². The summed E-state index contributed by atoms with van der Waals surface area (Å²) in [6.45, 7) is -0.543. The summed E-state index contributed by atoms with van der Waals surface area (Å²) in [5.41, 5.74) is 5.21. The van der Waals surface area contributed by atoms with Crippen LogP contribution in [-0.2, 0) is 14.3 Å². The topological polar surface area (TPSA) is 188 Å². The number of carbonyl (C=O) groups is 2. The summed E-state index contributed by atoms with van der Waals surface area (Å²) in [5.74, 6) is 3.35. The zero-order chi connectivity index (χ0) is 21.6. The zero-order valence-electron chi connectivity index (χ0n) is 15.4. The van der Waals surface area contributed by atoms with Crippen LogP contribution in [-0.4, -0.2) is 72.4 Å². The molecule has 1 aromatic heterocycles. The van der Waals surface area contributed by atoms with Gasteiger partial charge in [-0.25, -0.2) is 9.86 Å². The highest BCUT2D eigenvalue weighted by Gasteiger charge is 2.35. The van der Waals surface area contributed by atoms with E-state index in [9.17, 15) is 24.7 Å². The number of rotatable bonds is 7. The molecule has 0 spiro atoms. The summed E-state index contributed by atoms with van der Waals surface area (Å²) in [5, 5.41) is 37.4. The molecular formula is C17H22N4O8. The van der Waals surface area contributed by atoms with Crippen LogP contribution in [0.4, 0.5) is 5.82 Å².